The van der Waals surface area contributed by atoms with Gasteiger partial charge in [0, 0.05) is 23.2 Å². The highest BCUT2D eigenvalue weighted by Gasteiger charge is 2.34. The van der Waals surface area contributed by atoms with Crippen LogP contribution >= 0.6 is 0 Å². The summed E-state index contributed by atoms with van der Waals surface area (Å²) in [7, 11) is -4.04. The van der Waals surface area contributed by atoms with Crippen LogP contribution in [0.25, 0.3) is 33.3 Å². The van der Waals surface area contributed by atoms with Gasteiger partial charge in [0.05, 0.1) is 18.4 Å². The van der Waals surface area contributed by atoms with E-state index in [0.29, 0.717) is 18.5 Å². The van der Waals surface area contributed by atoms with Crippen molar-refractivity contribution in [2.45, 2.75) is 31.9 Å². The minimum absolute atomic E-state index is 0.0663. The average Bonchev–Trinajstić information content (AvgIpc) is 3.34. The van der Waals surface area contributed by atoms with Crippen LogP contribution in [0, 0.1) is 12.8 Å². The van der Waals surface area contributed by atoms with Crippen LogP contribution in [0.1, 0.15) is 18.5 Å². The van der Waals surface area contributed by atoms with Crippen LogP contribution < -0.4 is 10.5 Å². The third kappa shape index (κ3) is 4.55. The highest BCUT2D eigenvalue weighted by Crippen LogP contribution is 2.33. The zero-order valence-corrected chi connectivity index (χ0v) is 18.8. The van der Waals surface area contributed by atoms with Crippen molar-refractivity contribution in [1.82, 2.24) is 15.0 Å². The predicted molar refractivity (Wildman–Crippen MR) is 127 cm³/mol. The number of aromatic nitrogens is 3. The third-order valence-electron chi connectivity index (χ3n) is 6.10. The second kappa shape index (κ2) is 8.38. The molecule has 5 rings (SSSR count). The van der Waals surface area contributed by atoms with E-state index in [4.69, 9.17) is 14.3 Å². The van der Waals surface area contributed by atoms with E-state index in [1.54, 1.807) is 0 Å². The van der Waals surface area contributed by atoms with Crippen molar-refractivity contribution in [1.29, 1.82) is 0 Å². The fourth-order valence-corrected chi connectivity index (χ4v) is 4.95. The zero-order valence-electron chi connectivity index (χ0n) is 18.0. The lowest BCUT2D eigenvalue weighted by atomic mass is 10.0. The predicted octanol–water partition coefficient (Wildman–Crippen LogP) is 2.86. The molecule has 1 fully saturated rings. The first kappa shape index (κ1) is 21.8. The topological polar surface area (TPSA) is 143 Å². The minimum Gasteiger partial charge on any atom is -0.393 e. The summed E-state index contributed by atoms with van der Waals surface area (Å²) in [5.41, 5.74) is 4.02. The summed E-state index contributed by atoms with van der Waals surface area (Å²) >= 11 is 0. The molecule has 1 saturated carbocycles. The third-order valence-corrected chi connectivity index (χ3v) is 6.56. The number of fused-ring (bicyclic) bond motifs is 2. The Morgan fingerprint density at radius 2 is 1.97 bits per heavy atom. The van der Waals surface area contributed by atoms with Crippen molar-refractivity contribution in [3.05, 3.63) is 54.2 Å². The molecule has 9 nitrogen and oxygen atoms in total. The Morgan fingerprint density at radius 3 is 2.79 bits per heavy atom. The molecule has 2 aromatic heterocycles. The maximum Gasteiger partial charge on any atom is 0.333 e. The number of benzene rings is 2. The van der Waals surface area contributed by atoms with Crippen LogP contribution in [0.5, 0.6) is 0 Å². The molecule has 0 aliphatic heterocycles. The zero-order chi connectivity index (χ0) is 23.2. The summed E-state index contributed by atoms with van der Waals surface area (Å²) in [6.07, 6.45) is 0.325. The van der Waals surface area contributed by atoms with Gasteiger partial charge in [-0.2, -0.15) is 8.42 Å². The molecule has 0 radical (unpaired) electrons. The SMILES string of the molecule is Cc1cc(N[C@@H]2C[C@@H](COS(N)(=O)=O)[C@@H](O)C2)c2[nH]c(-c3cccc4ccccc34)nc2n1. The number of anilines is 1. The van der Waals surface area contributed by atoms with Crippen LogP contribution in [0.4, 0.5) is 5.69 Å². The molecule has 0 bridgehead atoms. The summed E-state index contributed by atoms with van der Waals surface area (Å²) in [6.45, 7) is 1.77. The van der Waals surface area contributed by atoms with Crippen molar-refractivity contribution in [2.24, 2.45) is 11.1 Å². The highest BCUT2D eigenvalue weighted by atomic mass is 32.2. The Kier molecular flexibility index (Phi) is 5.53. The quantitative estimate of drug-likeness (QED) is 0.341. The first-order valence-electron chi connectivity index (χ1n) is 10.7. The van der Waals surface area contributed by atoms with Gasteiger partial charge in [-0.3, -0.25) is 4.18 Å². The lowest BCUT2D eigenvalue weighted by Gasteiger charge is -2.15. The number of pyridine rings is 1. The van der Waals surface area contributed by atoms with Gasteiger partial charge in [0.25, 0.3) is 0 Å². The molecule has 4 aromatic rings. The van der Waals surface area contributed by atoms with Crippen molar-refractivity contribution < 1.29 is 17.7 Å². The molecule has 172 valence electrons. The van der Waals surface area contributed by atoms with Crippen LogP contribution in [0.15, 0.2) is 48.5 Å². The van der Waals surface area contributed by atoms with E-state index in [0.717, 1.165) is 39.1 Å². The maximum absolute atomic E-state index is 11.1. The molecule has 1 aliphatic rings. The van der Waals surface area contributed by atoms with E-state index < -0.39 is 16.4 Å². The molecular formula is C23H25N5O4S. The largest absolute Gasteiger partial charge is 0.393 e. The molecular weight excluding hydrogens is 442 g/mol. The normalized spacial score (nSPS) is 21.1. The van der Waals surface area contributed by atoms with Crippen molar-refractivity contribution in [3.8, 4) is 11.4 Å². The van der Waals surface area contributed by atoms with Crippen molar-refractivity contribution in [3.63, 3.8) is 0 Å². The summed E-state index contributed by atoms with van der Waals surface area (Å²) in [5, 5.41) is 21.0. The number of aryl methyl sites for hydroxylation is 1. The number of nitrogens with two attached hydrogens (primary N) is 1. The van der Waals surface area contributed by atoms with Gasteiger partial charge in [0.1, 0.15) is 11.3 Å². The Bertz CT molecular complexity index is 1430. The van der Waals surface area contributed by atoms with Crippen LogP contribution in [-0.4, -0.2) is 47.2 Å². The Balaban J connectivity index is 1.44. The van der Waals surface area contributed by atoms with Crippen molar-refractivity contribution >= 4 is 37.9 Å². The fourth-order valence-electron chi connectivity index (χ4n) is 4.59. The molecule has 0 amide bonds. The van der Waals surface area contributed by atoms with Crippen LogP contribution in [-0.2, 0) is 14.5 Å². The van der Waals surface area contributed by atoms with E-state index in [-0.39, 0.29) is 18.6 Å². The number of aliphatic hydroxyl groups is 1. The van der Waals surface area contributed by atoms with Gasteiger partial charge in [0.2, 0.25) is 0 Å². The standard InChI is InChI=1S/C23H25N5O4S/c1-13-9-19(26-16-10-15(20(29)11-16)12-32-33(24,30)31)21-23(25-13)28-22(27-21)18-8-4-6-14-5-2-3-7-17(14)18/h2-9,15-16,20,29H,10-12H2,1H3,(H2,24,30,31)(H2,25,26,27,28)/t15-,16+,20-/m0/s1. The van der Waals surface area contributed by atoms with Gasteiger partial charge in [-0.05, 0) is 36.6 Å². The highest BCUT2D eigenvalue weighted by molar-refractivity contribution is 7.84. The van der Waals surface area contributed by atoms with Gasteiger partial charge in [-0.25, -0.2) is 15.1 Å². The summed E-state index contributed by atoms with van der Waals surface area (Å²) < 4.78 is 26.9. The second-order valence-corrected chi connectivity index (χ2v) is 9.76. The van der Waals surface area contributed by atoms with Gasteiger partial charge in [-0.1, -0.05) is 42.5 Å². The minimum atomic E-state index is -4.04. The number of aliphatic hydroxyl groups excluding tert-OH is 1. The van der Waals surface area contributed by atoms with E-state index in [9.17, 15) is 13.5 Å². The van der Waals surface area contributed by atoms with Crippen LogP contribution in [0.2, 0.25) is 0 Å². The first-order valence-corrected chi connectivity index (χ1v) is 12.2. The summed E-state index contributed by atoms with van der Waals surface area (Å²) in [6, 6.07) is 16.1. The fraction of sp³-hybridized carbons (Fsp3) is 0.304. The molecule has 10 heteroatoms. The molecule has 0 spiro atoms. The number of hydrogen-bond donors (Lipinski definition) is 4. The molecule has 2 aromatic carbocycles. The molecule has 0 unspecified atom stereocenters. The monoisotopic (exact) mass is 467 g/mol. The number of hydrogen-bond acceptors (Lipinski definition) is 7. The number of imidazole rings is 1. The Hall–Kier alpha value is -3.05. The molecule has 2 heterocycles. The molecule has 5 N–H and O–H groups in total. The number of H-pyrrole nitrogens is 1. The number of nitrogens with zero attached hydrogens (tertiary/aromatic N) is 2. The van der Waals surface area contributed by atoms with Gasteiger partial charge in [0.15, 0.2) is 5.65 Å². The number of aromatic amines is 1. The van der Waals surface area contributed by atoms with E-state index in [1.165, 1.54) is 0 Å². The van der Waals surface area contributed by atoms with Crippen molar-refractivity contribution in [2.75, 3.05) is 11.9 Å². The molecule has 3 atom stereocenters. The lowest BCUT2D eigenvalue weighted by Crippen LogP contribution is -2.24. The molecule has 0 saturated heterocycles. The molecule has 33 heavy (non-hydrogen) atoms. The number of rotatable bonds is 6. The summed E-state index contributed by atoms with van der Waals surface area (Å²) in [4.78, 5) is 12.8. The van der Waals surface area contributed by atoms with Gasteiger partial charge < -0.3 is 15.4 Å². The second-order valence-electron chi connectivity index (χ2n) is 8.54. The van der Waals surface area contributed by atoms with E-state index in [1.807, 2.05) is 37.3 Å². The Labute approximate surface area is 191 Å². The Morgan fingerprint density at radius 1 is 1.18 bits per heavy atom. The van der Waals surface area contributed by atoms with Gasteiger partial charge in [-0.15, -0.1) is 0 Å². The van der Waals surface area contributed by atoms with Gasteiger partial charge >= 0.3 is 10.3 Å². The number of nitrogens with one attached hydrogen (secondary N) is 2. The lowest BCUT2D eigenvalue weighted by molar-refractivity contribution is 0.101. The van der Waals surface area contributed by atoms with E-state index >= 15 is 0 Å². The summed E-state index contributed by atoms with van der Waals surface area (Å²) in [5.74, 6) is 0.404. The first-order chi connectivity index (χ1) is 15.8. The van der Waals surface area contributed by atoms with E-state index in [2.05, 4.69) is 33.5 Å². The smallest absolute Gasteiger partial charge is 0.333 e. The maximum atomic E-state index is 11.1. The van der Waals surface area contributed by atoms with Crippen LogP contribution in [0.3, 0.4) is 0 Å². The molecule has 1 aliphatic carbocycles. The average molecular weight is 468 g/mol.